The van der Waals surface area contributed by atoms with Gasteiger partial charge in [-0.3, -0.25) is 10.1 Å². The number of nitrogens with zero attached hydrogens (tertiary/aromatic N) is 1. The van der Waals surface area contributed by atoms with Crippen LogP contribution < -0.4 is 4.74 Å². The largest absolute Gasteiger partial charge is 0.450 e. The Bertz CT molecular complexity index is 624. The third kappa shape index (κ3) is 3.05. The van der Waals surface area contributed by atoms with E-state index in [-0.39, 0.29) is 17.2 Å². The standard InChI is InChI=1S/C13H8F3NO3/c14-13(15,16)9-5-7-10(8-6-9)20-12-4-2-1-3-11(12)17(18)19/h1-8H. The Labute approximate surface area is 111 Å². The van der Waals surface area contributed by atoms with Crippen molar-refractivity contribution in [3.05, 3.63) is 64.2 Å². The number of benzene rings is 2. The average Bonchev–Trinajstić information content (AvgIpc) is 2.38. The van der Waals surface area contributed by atoms with Crippen LogP contribution in [0.5, 0.6) is 11.5 Å². The van der Waals surface area contributed by atoms with Gasteiger partial charge < -0.3 is 4.74 Å². The Kier molecular flexibility index (Phi) is 3.60. The normalized spacial score (nSPS) is 11.2. The molecule has 0 atom stereocenters. The van der Waals surface area contributed by atoms with E-state index >= 15 is 0 Å². The van der Waals surface area contributed by atoms with Gasteiger partial charge in [0.2, 0.25) is 5.75 Å². The zero-order valence-electron chi connectivity index (χ0n) is 9.92. The van der Waals surface area contributed by atoms with E-state index in [9.17, 15) is 23.3 Å². The lowest BCUT2D eigenvalue weighted by Gasteiger charge is -2.09. The first-order valence-electron chi connectivity index (χ1n) is 5.46. The summed E-state index contributed by atoms with van der Waals surface area (Å²) in [6, 6.07) is 9.55. The maximum Gasteiger partial charge on any atom is 0.416 e. The van der Waals surface area contributed by atoms with Gasteiger partial charge in [-0.2, -0.15) is 13.2 Å². The monoisotopic (exact) mass is 283 g/mol. The minimum atomic E-state index is -4.43. The molecule has 4 nitrogen and oxygen atoms in total. The molecule has 0 aliphatic rings. The fourth-order valence-electron chi connectivity index (χ4n) is 1.53. The molecule has 0 aliphatic carbocycles. The molecular formula is C13H8F3NO3. The molecule has 0 aromatic heterocycles. The second-order valence-electron chi connectivity index (χ2n) is 3.85. The van der Waals surface area contributed by atoms with Crippen LogP contribution in [0.15, 0.2) is 48.5 Å². The van der Waals surface area contributed by atoms with Gasteiger partial charge in [0, 0.05) is 6.07 Å². The summed E-state index contributed by atoms with van der Waals surface area (Å²) in [5, 5.41) is 10.8. The van der Waals surface area contributed by atoms with E-state index in [0.29, 0.717) is 0 Å². The van der Waals surface area contributed by atoms with Crippen LogP contribution in [0.4, 0.5) is 18.9 Å². The number of hydrogen-bond donors (Lipinski definition) is 0. The van der Waals surface area contributed by atoms with Crippen molar-refractivity contribution in [3.63, 3.8) is 0 Å². The van der Waals surface area contributed by atoms with Crippen LogP contribution in [0, 0.1) is 10.1 Å². The molecule has 0 spiro atoms. The Hall–Kier alpha value is -2.57. The quantitative estimate of drug-likeness (QED) is 0.619. The molecule has 0 saturated carbocycles. The van der Waals surface area contributed by atoms with E-state index < -0.39 is 16.7 Å². The zero-order valence-corrected chi connectivity index (χ0v) is 9.92. The van der Waals surface area contributed by atoms with E-state index in [2.05, 4.69) is 0 Å². The predicted molar refractivity (Wildman–Crippen MR) is 64.6 cm³/mol. The van der Waals surface area contributed by atoms with Crippen LogP contribution in [0.3, 0.4) is 0 Å². The van der Waals surface area contributed by atoms with Crippen molar-refractivity contribution in [2.75, 3.05) is 0 Å². The molecule has 104 valence electrons. The average molecular weight is 283 g/mol. The molecular weight excluding hydrogens is 275 g/mol. The van der Waals surface area contributed by atoms with Crippen LogP contribution in [-0.2, 0) is 6.18 Å². The third-order valence-electron chi connectivity index (χ3n) is 2.47. The summed E-state index contributed by atoms with van der Waals surface area (Å²) < 4.78 is 42.4. The summed E-state index contributed by atoms with van der Waals surface area (Å²) in [4.78, 5) is 10.1. The van der Waals surface area contributed by atoms with Crippen molar-refractivity contribution in [1.29, 1.82) is 0 Å². The Morgan fingerprint density at radius 3 is 2.15 bits per heavy atom. The number of para-hydroxylation sites is 2. The molecule has 2 aromatic carbocycles. The lowest BCUT2D eigenvalue weighted by atomic mass is 10.2. The highest BCUT2D eigenvalue weighted by molar-refractivity contribution is 5.48. The summed E-state index contributed by atoms with van der Waals surface area (Å²) in [6.07, 6.45) is -4.43. The highest BCUT2D eigenvalue weighted by Gasteiger charge is 2.30. The van der Waals surface area contributed by atoms with Crippen molar-refractivity contribution in [2.24, 2.45) is 0 Å². The van der Waals surface area contributed by atoms with Crippen molar-refractivity contribution in [3.8, 4) is 11.5 Å². The van der Waals surface area contributed by atoms with E-state index in [1.165, 1.54) is 24.3 Å². The summed E-state index contributed by atoms with van der Waals surface area (Å²) >= 11 is 0. The van der Waals surface area contributed by atoms with Crippen molar-refractivity contribution < 1.29 is 22.8 Å². The number of nitro benzene ring substituents is 1. The van der Waals surface area contributed by atoms with E-state index in [4.69, 9.17) is 4.74 Å². The van der Waals surface area contributed by atoms with Gasteiger partial charge in [0.25, 0.3) is 0 Å². The first-order chi connectivity index (χ1) is 9.38. The maximum atomic E-state index is 12.4. The SMILES string of the molecule is O=[N+]([O-])c1ccccc1Oc1ccc(C(F)(F)F)cc1. The van der Waals surface area contributed by atoms with Gasteiger partial charge in [0.05, 0.1) is 10.5 Å². The van der Waals surface area contributed by atoms with Crippen LogP contribution in [0.1, 0.15) is 5.56 Å². The van der Waals surface area contributed by atoms with Crippen molar-refractivity contribution in [2.45, 2.75) is 6.18 Å². The van der Waals surface area contributed by atoms with E-state index in [1.54, 1.807) is 0 Å². The maximum absolute atomic E-state index is 12.4. The molecule has 0 unspecified atom stereocenters. The molecule has 0 aliphatic heterocycles. The van der Waals surface area contributed by atoms with Gasteiger partial charge in [0.1, 0.15) is 5.75 Å². The lowest BCUT2D eigenvalue weighted by molar-refractivity contribution is -0.385. The minimum absolute atomic E-state index is 0.0303. The number of nitro groups is 1. The zero-order chi connectivity index (χ0) is 14.8. The van der Waals surface area contributed by atoms with Crippen LogP contribution in [-0.4, -0.2) is 4.92 Å². The number of halogens is 3. The molecule has 0 saturated heterocycles. The molecule has 20 heavy (non-hydrogen) atoms. The fourth-order valence-corrected chi connectivity index (χ4v) is 1.53. The van der Waals surface area contributed by atoms with Gasteiger partial charge in [-0.25, -0.2) is 0 Å². The van der Waals surface area contributed by atoms with Gasteiger partial charge in [-0.05, 0) is 30.3 Å². The summed E-state index contributed by atoms with van der Waals surface area (Å²) in [5.74, 6) is 0.0598. The molecule has 2 aromatic rings. The first kappa shape index (κ1) is 13.9. The van der Waals surface area contributed by atoms with Gasteiger partial charge in [-0.1, -0.05) is 12.1 Å². The number of ether oxygens (including phenoxy) is 1. The molecule has 0 bridgehead atoms. The smallest absolute Gasteiger partial charge is 0.416 e. The highest BCUT2D eigenvalue weighted by atomic mass is 19.4. The molecule has 0 heterocycles. The lowest BCUT2D eigenvalue weighted by Crippen LogP contribution is -2.04. The van der Waals surface area contributed by atoms with E-state index in [1.807, 2.05) is 0 Å². The second-order valence-corrected chi connectivity index (χ2v) is 3.85. The Morgan fingerprint density at radius 1 is 1.00 bits per heavy atom. The van der Waals surface area contributed by atoms with Crippen molar-refractivity contribution in [1.82, 2.24) is 0 Å². The summed E-state index contributed by atoms with van der Waals surface area (Å²) in [7, 11) is 0. The van der Waals surface area contributed by atoms with Gasteiger partial charge >= 0.3 is 11.9 Å². The summed E-state index contributed by atoms with van der Waals surface area (Å²) in [5.41, 5.74) is -1.07. The molecule has 0 amide bonds. The number of rotatable bonds is 3. The predicted octanol–water partition coefficient (Wildman–Crippen LogP) is 4.41. The second kappa shape index (κ2) is 5.20. The molecule has 0 fully saturated rings. The highest BCUT2D eigenvalue weighted by Crippen LogP contribution is 2.33. The molecule has 7 heteroatoms. The Balaban J connectivity index is 2.25. The number of alkyl halides is 3. The van der Waals surface area contributed by atoms with Crippen LogP contribution in [0.25, 0.3) is 0 Å². The van der Waals surface area contributed by atoms with Crippen molar-refractivity contribution >= 4 is 5.69 Å². The van der Waals surface area contributed by atoms with E-state index in [0.717, 1.165) is 24.3 Å². The molecule has 0 radical (unpaired) electrons. The minimum Gasteiger partial charge on any atom is -0.450 e. The third-order valence-corrected chi connectivity index (χ3v) is 2.47. The topological polar surface area (TPSA) is 52.4 Å². The Morgan fingerprint density at radius 2 is 1.60 bits per heavy atom. The summed E-state index contributed by atoms with van der Waals surface area (Å²) in [6.45, 7) is 0. The van der Waals surface area contributed by atoms with Crippen LogP contribution in [0.2, 0.25) is 0 Å². The molecule has 0 N–H and O–H groups in total. The molecule has 2 rings (SSSR count). The van der Waals surface area contributed by atoms with Crippen LogP contribution >= 0.6 is 0 Å². The van der Waals surface area contributed by atoms with Gasteiger partial charge in [-0.15, -0.1) is 0 Å². The fraction of sp³-hybridized carbons (Fsp3) is 0.0769. The first-order valence-corrected chi connectivity index (χ1v) is 5.46. The number of hydrogen-bond acceptors (Lipinski definition) is 3. The van der Waals surface area contributed by atoms with Gasteiger partial charge in [0.15, 0.2) is 0 Å².